The number of hydrogen-bond donors (Lipinski definition) is 2. The molecule has 0 spiro atoms. The Labute approximate surface area is 132 Å². The van der Waals surface area contributed by atoms with Gasteiger partial charge in [0, 0.05) is 13.1 Å². The van der Waals surface area contributed by atoms with Crippen LogP contribution in [0.3, 0.4) is 0 Å². The summed E-state index contributed by atoms with van der Waals surface area (Å²) in [6.07, 6.45) is 4.17. The molecule has 0 aliphatic carbocycles. The SMILES string of the molecule is CCOC(=O)C(C)N1CCCC(CNC(=O)C2CCCN2)C1. The topological polar surface area (TPSA) is 70.7 Å². The summed E-state index contributed by atoms with van der Waals surface area (Å²) in [7, 11) is 0. The Kier molecular flexibility index (Phi) is 6.64. The van der Waals surface area contributed by atoms with Gasteiger partial charge in [0.05, 0.1) is 12.6 Å². The van der Waals surface area contributed by atoms with Crippen molar-refractivity contribution in [3.05, 3.63) is 0 Å². The lowest BCUT2D eigenvalue weighted by Gasteiger charge is -2.35. The molecule has 1 amide bonds. The number of nitrogens with zero attached hydrogens (tertiary/aromatic N) is 1. The molecule has 2 fully saturated rings. The van der Waals surface area contributed by atoms with E-state index in [9.17, 15) is 9.59 Å². The minimum absolute atomic E-state index is 0.0156. The van der Waals surface area contributed by atoms with E-state index in [1.165, 1.54) is 0 Å². The van der Waals surface area contributed by atoms with E-state index in [0.717, 1.165) is 45.3 Å². The van der Waals surface area contributed by atoms with Crippen molar-refractivity contribution in [2.75, 3.05) is 32.8 Å². The summed E-state index contributed by atoms with van der Waals surface area (Å²) >= 11 is 0. The highest BCUT2D eigenvalue weighted by molar-refractivity contribution is 5.82. The van der Waals surface area contributed by atoms with Gasteiger partial charge in [-0.25, -0.2) is 0 Å². The summed E-state index contributed by atoms with van der Waals surface area (Å²) < 4.78 is 5.10. The molecule has 0 bridgehead atoms. The molecule has 2 aliphatic heterocycles. The van der Waals surface area contributed by atoms with E-state index in [1.807, 2.05) is 13.8 Å². The van der Waals surface area contributed by atoms with Crippen LogP contribution in [0.4, 0.5) is 0 Å². The molecule has 126 valence electrons. The number of amides is 1. The fourth-order valence-electron chi connectivity index (χ4n) is 3.30. The zero-order chi connectivity index (χ0) is 15.9. The number of esters is 1. The molecule has 3 unspecified atom stereocenters. The van der Waals surface area contributed by atoms with Crippen LogP contribution >= 0.6 is 0 Å². The molecule has 6 heteroatoms. The molecule has 3 atom stereocenters. The van der Waals surface area contributed by atoms with Crippen LogP contribution < -0.4 is 10.6 Å². The van der Waals surface area contributed by atoms with Gasteiger partial charge < -0.3 is 15.4 Å². The molecule has 2 rings (SSSR count). The molecule has 0 aromatic carbocycles. The third-order valence-corrected chi connectivity index (χ3v) is 4.67. The van der Waals surface area contributed by atoms with Crippen molar-refractivity contribution in [1.82, 2.24) is 15.5 Å². The van der Waals surface area contributed by atoms with Crippen LogP contribution in [0.1, 0.15) is 39.5 Å². The van der Waals surface area contributed by atoms with Gasteiger partial charge in [-0.05, 0) is 58.5 Å². The van der Waals surface area contributed by atoms with E-state index in [4.69, 9.17) is 4.74 Å². The molecule has 2 saturated heterocycles. The summed E-state index contributed by atoms with van der Waals surface area (Å²) in [6, 6.07) is -0.215. The van der Waals surface area contributed by atoms with Crippen LogP contribution in [0.15, 0.2) is 0 Å². The number of piperidine rings is 1. The van der Waals surface area contributed by atoms with Crippen LogP contribution in [0.2, 0.25) is 0 Å². The second kappa shape index (κ2) is 8.48. The molecular formula is C16H29N3O3. The van der Waals surface area contributed by atoms with E-state index in [2.05, 4.69) is 15.5 Å². The smallest absolute Gasteiger partial charge is 0.323 e. The van der Waals surface area contributed by atoms with Gasteiger partial charge in [0.1, 0.15) is 6.04 Å². The second-order valence-corrected chi connectivity index (χ2v) is 6.33. The van der Waals surface area contributed by atoms with E-state index >= 15 is 0 Å². The number of hydrogen-bond acceptors (Lipinski definition) is 5. The Morgan fingerprint density at radius 1 is 1.36 bits per heavy atom. The van der Waals surface area contributed by atoms with Crippen LogP contribution in [0, 0.1) is 5.92 Å². The highest BCUT2D eigenvalue weighted by Gasteiger charge is 2.29. The Hall–Kier alpha value is -1.14. The monoisotopic (exact) mass is 311 g/mol. The number of ether oxygens (including phenoxy) is 1. The van der Waals surface area contributed by atoms with Crippen molar-refractivity contribution in [1.29, 1.82) is 0 Å². The zero-order valence-electron chi connectivity index (χ0n) is 13.8. The lowest BCUT2D eigenvalue weighted by atomic mass is 9.96. The lowest BCUT2D eigenvalue weighted by molar-refractivity contribution is -0.149. The van der Waals surface area contributed by atoms with Crippen molar-refractivity contribution in [3.63, 3.8) is 0 Å². The van der Waals surface area contributed by atoms with Gasteiger partial charge in [-0.2, -0.15) is 0 Å². The minimum Gasteiger partial charge on any atom is -0.465 e. The second-order valence-electron chi connectivity index (χ2n) is 6.33. The molecule has 0 aromatic rings. The predicted octanol–water partition coefficient (Wildman–Crippen LogP) is 0.518. The molecule has 0 saturated carbocycles. The van der Waals surface area contributed by atoms with Crippen molar-refractivity contribution in [3.8, 4) is 0 Å². The maximum Gasteiger partial charge on any atom is 0.323 e. The Bertz CT molecular complexity index is 383. The third kappa shape index (κ3) is 4.68. The van der Waals surface area contributed by atoms with Gasteiger partial charge in [-0.15, -0.1) is 0 Å². The van der Waals surface area contributed by atoms with Gasteiger partial charge in [0.2, 0.25) is 5.91 Å². The van der Waals surface area contributed by atoms with Gasteiger partial charge in [0.25, 0.3) is 0 Å². The first-order valence-electron chi connectivity index (χ1n) is 8.53. The number of nitrogens with one attached hydrogen (secondary N) is 2. The Morgan fingerprint density at radius 3 is 2.86 bits per heavy atom. The standard InChI is InChI=1S/C16H29N3O3/c1-3-22-16(21)12(2)19-9-5-6-13(11-19)10-18-15(20)14-7-4-8-17-14/h12-14,17H,3-11H2,1-2H3,(H,18,20). The first-order chi connectivity index (χ1) is 10.6. The number of carbonyl (C=O) groups is 2. The maximum absolute atomic E-state index is 12.0. The minimum atomic E-state index is -0.199. The van der Waals surface area contributed by atoms with Crippen LogP contribution in [0.25, 0.3) is 0 Å². The summed E-state index contributed by atoms with van der Waals surface area (Å²) in [4.78, 5) is 26.1. The summed E-state index contributed by atoms with van der Waals surface area (Å²) in [5.74, 6) is 0.381. The van der Waals surface area contributed by atoms with Crippen LogP contribution in [-0.2, 0) is 14.3 Å². The molecule has 22 heavy (non-hydrogen) atoms. The van der Waals surface area contributed by atoms with E-state index in [1.54, 1.807) is 0 Å². The fraction of sp³-hybridized carbons (Fsp3) is 0.875. The Balaban J connectivity index is 1.75. The largest absolute Gasteiger partial charge is 0.465 e. The maximum atomic E-state index is 12.0. The summed E-state index contributed by atoms with van der Waals surface area (Å²) in [6.45, 7) is 7.56. The number of carbonyl (C=O) groups excluding carboxylic acids is 2. The molecule has 0 radical (unpaired) electrons. The molecule has 2 aliphatic rings. The van der Waals surface area contributed by atoms with Crippen LogP contribution in [-0.4, -0.2) is 61.6 Å². The number of rotatable bonds is 6. The molecule has 2 N–H and O–H groups in total. The Morgan fingerprint density at radius 2 is 2.18 bits per heavy atom. The molecule has 0 aromatic heterocycles. The highest BCUT2D eigenvalue weighted by Crippen LogP contribution is 2.18. The molecule has 2 heterocycles. The van der Waals surface area contributed by atoms with Gasteiger partial charge in [-0.3, -0.25) is 14.5 Å². The van der Waals surface area contributed by atoms with Gasteiger partial charge in [-0.1, -0.05) is 0 Å². The first-order valence-corrected chi connectivity index (χ1v) is 8.53. The first kappa shape index (κ1) is 17.2. The predicted molar refractivity (Wildman–Crippen MR) is 84.4 cm³/mol. The quantitative estimate of drug-likeness (QED) is 0.700. The van der Waals surface area contributed by atoms with E-state index in [0.29, 0.717) is 19.1 Å². The van der Waals surface area contributed by atoms with Gasteiger partial charge >= 0.3 is 5.97 Å². The van der Waals surface area contributed by atoms with Gasteiger partial charge in [0.15, 0.2) is 0 Å². The van der Waals surface area contributed by atoms with Crippen molar-refractivity contribution < 1.29 is 14.3 Å². The van der Waals surface area contributed by atoms with Crippen LogP contribution in [0.5, 0.6) is 0 Å². The molecule has 6 nitrogen and oxygen atoms in total. The summed E-state index contributed by atoms with van der Waals surface area (Å²) in [5.41, 5.74) is 0. The van der Waals surface area contributed by atoms with E-state index < -0.39 is 0 Å². The van der Waals surface area contributed by atoms with Crippen molar-refractivity contribution >= 4 is 11.9 Å². The fourth-order valence-corrected chi connectivity index (χ4v) is 3.30. The van der Waals surface area contributed by atoms with Crippen molar-refractivity contribution in [2.45, 2.75) is 51.6 Å². The average Bonchev–Trinajstić information content (AvgIpc) is 3.07. The third-order valence-electron chi connectivity index (χ3n) is 4.67. The summed E-state index contributed by atoms with van der Waals surface area (Å²) in [5, 5.41) is 6.28. The zero-order valence-corrected chi connectivity index (χ0v) is 13.8. The lowest BCUT2D eigenvalue weighted by Crippen LogP contribution is -2.49. The normalized spacial score (nSPS) is 27.4. The van der Waals surface area contributed by atoms with Crippen molar-refractivity contribution in [2.24, 2.45) is 5.92 Å². The number of likely N-dealkylation sites (tertiary alicyclic amines) is 1. The van der Waals surface area contributed by atoms with E-state index in [-0.39, 0.29) is 24.0 Å². The average molecular weight is 311 g/mol. The molecular weight excluding hydrogens is 282 g/mol. The highest BCUT2D eigenvalue weighted by atomic mass is 16.5.